The lowest BCUT2D eigenvalue weighted by Gasteiger charge is -2.56. The molecule has 4 bridgehead atoms. The first-order chi connectivity index (χ1) is 13.1. The molecule has 5 aliphatic carbocycles. The molecule has 0 N–H and O–H groups in total. The van der Waals surface area contributed by atoms with Gasteiger partial charge in [-0.15, -0.1) is 0 Å². The standard InChI is InChI=1S/C24H27NO2/c1-27-19-3-2-17-7-18(13-25-22(17)8-19)20-9-21(20)23(26)24-10-14-4-15(11-24)6-16(5-14)12-24/h2-3,7-8,13-16,20-21H,4-6,9-12H2,1H3. The third kappa shape index (κ3) is 2.47. The highest BCUT2D eigenvalue weighted by atomic mass is 16.5. The van der Waals surface area contributed by atoms with Crippen LogP contribution in [0.3, 0.4) is 0 Å². The van der Waals surface area contributed by atoms with E-state index >= 15 is 0 Å². The fraction of sp³-hybridized carbons (Fsp3) is 0.583. The summed E-state index contributed by atoms with van der Waals surface area (Å²) in [4.78, 5) is 18.2. The minimum absolute atomic E-state index is 0.0474. The van der Waals surface area contributed by atoms with Gasteiger partial charge in [0.1, 0.15) is 11.5 Å². The normalized spacial score (nSPS) is 38.9. The molecular formula is C24H27NO2. The van der Waals surface area contributed by atoms with Gasteiger partial charge in [0, 0.05) is 29.0 Å². The second-order valence-corrected chi connectivity index (χ2v) is 9.84. The molecule has 1 heterocycles. The molecule has 140 valence electrons. The molecule has 0 radical (unpaired) electrons. The van der Waals surface area contributed by atoms with Crippen LogP contribution in [-0.4, -0.2) is 17.9 Å². The SMILES string of the molecule is COc1ccc2cc(C3CC3C(=O)C34CC5CC(CC(C5)C3)C4)cnc2c1. The van der Waals surface area contributed by atoms with Gasteiger partial charge in [-0.25, -0.2) is 0 Å². The number of fused-ring (bicyclic) bond motifs is 1. The van der Waals surface area contributed by atoms with Crippen LogP contribution < -0.4 is 4.74 Å². The van der Waals surface area contributed by atoms with Gasteiger partial charge in [0.2, 0.25) is 0 Å². The molecule has 27 heavy (non-hydrogen) atoms. The maximum Gasteiger partial charge on any atom is 0.142 e. The highest BCUT2D eigenvalue weighted by Crippen LogP contribution is 2.63. The number of pyridine rings is 1. The van der Waals surface area contributed by atoms with Crippen molar-refractivity contribution in [2.45, 2.75) is 50.9 Å². The molecule has 2 unspecified atom stereocenters. The van der Waals surface area contributed by atoms with Crippen LogP contribution in [0, 0.1) is 29.1 Å². The fourth-order valence-corrected chi connectivity index (χ4v) is 7.11. The Morgan fingerprint density at radius 3 is 2.41 bits per heavy atom. The first-order valence-corrected chi connectivity index (χ1v) is 10.6. The van der Waals surface area contributed by atoms with Gasteiger partial charge in [-0.1, -0.05) is 0 Å². The Balaban J connectivity index is 1.24. The number of hydrogen-bond donors (Lipinski definition) is 0. The summed E-state index contributed by atoms with van der Waals surface area (Å²) in [5.74, 6) is 4.62. The zero-order valence-electron chi connectivity index (χ0n) is 16.0. The summed E-state index contributed by atoms with van der Waals surface area (Å²) in [7, 11) is 1.68. The largest absolute Gasteiger partial charge is 0.497 e. The van der Waals surface area contributed by atoms with E-state index in [4.69, 9.17) is 4.74 Å². The van der Waals surface area contributed by atoms with Crippen LogP contribution in [0.25, 0.3) is 10.9 Å². The Labute approximate surface area is 160 Å². The Morgan fingerprint density at radius 2 is 1.74 bits per heavy atom. The molecular weight excluding hydrogens is 334 g/mol. The third-order valence-corrected chi connectivity index (χ3v) is 8.03. The van der Waals surface area contributed by atoms with Crippen LogP contribution in [-0.2, 0) is 4.79 Å². The van der Waals surface area contributed by atoms with Crippen LogP contribution >= 0.6 is 0 Å². The molecule has 3 heteroatoms. The van der Waals surface area contributed by atoms with Crippen LogP contribution in [0.15, 0.2) is 30.5 Å². The smallest absolute Gasteiger partial charge is 0.142 e. The summed E-state index contributed by atoms with van der Waals surface area (Å²) in [6.07, 6.45) is 10.8. The van der Waals surface area contributed by atoms with Gasteiger partial charge in [-0.05, 0) is 92.4 Å². The van der Waals surface area contributed by atoms with Gasteiger partial charge in [-0.3, -0.25) is 9.78 Å². The Kier molecular flexibility index (Phi) is 3.31. The van der Waals surface area contributed by atoms with Crippen molar-refractivity contribution in [1.29, 1.82) is 0 Å². The van der Waals surface area contributed by atoms with Crippen LogP contribution in [0.2, 0.25) is 0 Å². The van der Waals surface area contributed by atoms with E-state index in [-0.39, 0.29) is 11.3 Å². The number of aromatic nitrogens is 1. The summed E-state index contributed by atoms with van der Waals surface area (Å²) >= 11 is 0. The first kappa shape index (κ1) is 16.1. The quantitative estimate of drug-likeness (QED) is 0.757. The van der Waals surface area contributed by atoms with E-state index in [2.05, 4.69) is 17.1 Å². The molecule has 3 nitrogen and oxygen atoms in total. The average Bonchev–Trinajstić information content (AvgIpc) is 3.46. The number of carbonyl (C=O) groups excluding carboxylic acids is 1. The molecule has 7 rings (SSSR count). The highest BCUT2D eigenvalue weighted by molar-refractivity contribution is 5.91. The second-order valence-electron chi connectivity index (χ2n) is 9.84. The summed E-state index contributed by atoms with van der Waals surface area (Å²) < 4.78 is 5.29. The lowest BCUT2D eigenvalue weighted by atomic mass is 9.48. The lowest BCUT2D eigenvalue weighted by molar-refractivity contribution is -0.145. The number of methoxy groups -OCH3 is 1. The minimum Gasteiger partial charge on any atom is -0.497 e. The van der Waals surface area contributed by atoms with Gasteiger partial charge >= 0.3 is 0 Å². The van der Waals surface area contributed by atoms with Gasteiger partial charge in [-0.2, -0.15) is 0 Å². The predicted molar refractivity (Wildman–Crippen MR) is 105 cm³/mol. The topological polar surface area (TPSA) is 39.2 Å². The molecule has 2 aromatic rings. The number of benzene rings is 1. The molecule has 1 aromatic carbocycles. The number of hydrogen-bond acceptors (Lipinski definition) is 3. The number of nitrogens with zero attached hydrogens (tertiary/aromatic N) is 1. The van der Waals surface area contributed by atoms with E-state index in [9.17, 15) is 4.79 Å². The monoisotopic (exact) mass is 361 g/mol. The summed E-state index contributed by atoms with van der Waals surface area (Å²) in [5, 5.41) is 1.14. The van der Waals surface area contributed by atoms with Crippen molar-refractivity contribution in [2.75, 3.05) is 7.11 Å². The average molecular weight is 361 g/mol. The number of carbonyl (C=O) groups is 1. The molecule has 1 aromatic heterocycles. The molecule has 0 spiro atoms. The first-order valence-electron chi connectivity index (χ1n) is 10.6. The third-order valence-electron chi connectivity index (χ3n) is 8.03. The van der Waals surface area contributed by atoms with Crippen LogP contribution in [0.4, 0.5) is 0 Å². The lowest BCUT2D eigenvalue weighted by Crippen LogP contribution is -2.50. The molecule has 0 amide bonds. The molecule has 0 aliphatic heterocycles. The van der Waals surface area contributed by atoms with E-state index in [1.165, 1.54) is 44.1 Å². The zero-order valence-corrected chi connectivity index (χ0v) is 16.0. The Bertz CT molecular complexity index is 898. The number of ketones is 1. The minimum atomic E-state index is 0.0474. The van der Waals surface area contributed by atoms with E-state index < -0.39 is 0 Å². The summed E-state index contributed by atoms with van der Waals surface area (Å²) in [6.45, 7) is 0. The fourth-order valence-electron chi connectivity index (χ4n) is 7.11. The van der Waals surface area contributed by atoms with Gasteiger partial charge in [0.15, 0.2) is 0 Å². The number of ether oxygens (including phenoxy) is 1. The van der Waals surface area contributed by atoms with E-state index in [1.54, 1.807) is 7.11 Å². The number of Topliss-reactive ketones (excluding diaryl/α,β-unsaturated/α-hetero) is 1. The van der Waals surface area contributed by atoms with Crippen molar-refractivity contribution in [3.63, 3.8) is 0 Å². The van der Waals surface area contributed by atoms with Gasteiger partial charge in [0.05, 0.1) is 12.6 Å². The summed E-state index contributed by atoms with van der Waals surface area (Å²) in [5.41, 5.74) is 2.25. The molecule has 5 fully saturated rings. The van der Waals surface area contributed by atoms with Crippen LogP contribution in [0.5, 0.6) is 5.75 Å². The zero-order chi connectivity index (χ0) is 18.2. The van der Waals surface area contributed by atoms with Gasteiger partial charge < -0.3 is 4.74 Å². The predicted octanol–water partition coefficient (Wildman–Crippen LogP) is 5.13. The van der Waals surface area contributed by atoms with Crippen molar-refractivity contribution < 1.29 is 9.53 Å². The maximum absolute atomic E-state index is 13.6. The van der Waals surface area contributed by atoms with E-state index in [0.717, 1.165) is 40.8 Å². The number of rotatable bonds is 4. The molecule has 0 saturated heterocycles. The molecule has 5 saturated carbocycles. The highest BCUT2D eigenvalue weighted by Gasteiger charge is 2.59. The van der Waals surface area contributed by atoms with Crippen molar-refractivity contribution in [1.82, 2.24) is 4.98 Å². The maximum atomic E-state index is 13.6. The van der Waals surface area contributed by atoms with Crippen molar-refractivity contribution >= 4 is 16.7 Å². The van der Waals surface area contributed by atoms with Crippen molar-refractivity contribution in [3.05, 3.63) is 36.0 Å². The van der Waals surface area contributed by atoms with Crippen molar-refractivity contribution in [3.8, 4) is 5.75 Å². The van der Waals surface area contributed by atoms with Crippen molar-refractivity contribution in [2.24, 2.45) is 29.1 Å². The van der Waals surface area contributed by atoms with E-state index in [0.29, 0.717) is 11.7 Å². The second kappa shape index (κ2) is 5.56. The molecule has 2 atom stereocenters. The molecule has 5 aliphatic rings. The Morgan fingerprint density at radius 1 is 1.04 bits per heavy atom. The summed E-state index contributed by atoms with van der Waals surface area (Å²) in [6, 6.07) is 8.27. The Hall–Kier alpha value is -1.90. The van der Waals surface area contributed by atoms with Crippen LogP contribution in [0.1, 0.15) is 56.4 Å². The van der Waals surface area contributed by atoms with E-state index in [1.807, 2.05) is 18.3 Å². The van der Waals surface area contributed by atoms with Gasteiger partial charge in [0.25, 0.3) is 0 Å².